The Balaban J connectivity index is 1.99. The van der Waals surface area contributed by atoms with Gasteiger partial charge in [0.15, 0.2) is 0 Å². The maximum Gasteiger partial charge on any atom is 0.416 e. The van der Waals surface area contributed by atoms with Gasteiger partial charge in [-0.3, -0.25) is 4.79 Å². The van der Waals surface area contributed by atoms with Gasteiger partial charge in [-0.05, 0) is 24.3 Å². The number of alkyl halides is 3. The zero-order chi connectivity index (χ0) is 16.9. The van der Waals surface area contributed by atoms with Crippen LogP contribution in [-0.2, 0) is 20.4 Å². The van der Waals surface area contributed by atoms with E-state index in [1.165, 1.54) is 19.2 Å². The second kappa shape index (κ2) is 7.65. The molecule has 1 saturated heterocycles. The molecule has 0 spiro atoms. The van der Waals surface area contributed by atoms with Gasteiger partial charge in [0.25, 0.3) is 0 Å². The number of ether oxygens (including phenoxy) is 3. The van der Waals surface area contributed by atoms with Crippen molar-refractivity contribution < 1.29 is 32.2 Å². The quantitative estimate of drug-likeness (QED) is 0.845. The minimum atomic E-state index is -4.38. The fourth-order valence-electron chi connectivity index (χ4n) is 2.21. The van der Waals surface area contributed by atoms with E-state index in [2.05, 4.69) is 0 Å². The molecular weight excluding hydrogens is 315 g/mol. The highest BCUT2D eigenvalue weighted by Gasteiger charge is 2.30. The van der Waals surface area contributed by atoms with Crippen molar-refractivity contribution in [1.29, 1.82) is 0 Å². The standard InChI is InChI=1S/C15H18F3NO4/c1-21-10-14(20)19-6-7-22-9-13(8-19)23-12-4-2-11(3-5-12)15(16,17)18/h2-5,13H,6-10H2,1H3/t13-/m1/s1. The Labute approximate surface area is 131 Å². The number of nitrogens with zero attached hydrogens (tertiary/aromatic N) is 1. The van der Waals surface area contributed by atoms with Crippen LogP contribution in [-0.4, -0.2) is 56.9 Å². The summed E-state index contributed by atoms with van der Waals surface area (Å²) in [5.41, 5.74) is -0.737. The highest BCUT2D eigenvalue weighted by molar-refractivity contribution is 5.77. The summed E-state index contributed by atoms with van der Waals surface area (Å²) < 4.78 is 53.4. The summed E-state index contributed by atoms with van der Waals surface area (Å²) in [7, 11) is 1.43. The van der Waals surface area contributed by atoms with Crippen molar-refractivity contribution >= 4 is 5.91 Å². The number of carbonyl (C=O) groups is 1. The second-order valence-electron chi connectivity index (χ2n) is 5.11. The summed E-state index contributed by atoms with van der Waals surface area (Å²) in [5.74, 6) is 0.117. The molecule has 0 aliphatic carbocycles. The van der Waals surface area contributed by atoms with Gasteiger partial charge in [-0.15, -0.1) is 0 Å². The third-order valence-corrected chi connectivity index (χ3v) is 3.34. The molecule has 0 bridgehead atoms. The third-order valence-electron chi connectivity index (χ3n) is 3.34. The van der Waals surface area contributed by atoms with Crippen LogP contribution in [0.1, 0.15) is 5.56 Å². The molecule has 1 aromatic carbocycles. The summed E-state index contributed by atoms with van der Waals surface area (Å²) in [6.07, 6.45) is -4.83. The number of benzene rings is 1. The first-order chi connectivity index (χ1) is 10.9. The molecule has 1 heterocycles. The van der Waals surface area contributed by atoms with Gasteiger partial charge in [-0.2, -0.15) is 13.2 Å². The normalized spacial score (nSPS) is 19.3. The molecule has 0 unspecified atom stereocenters. The van der Waals surface area contributed by atoms with E-state index in [0.717, 1.165) is 12.1 Å². The molecule has 0 saturated carbocycles. The number of halogens is 3. The van der Waals surface area contributed by atoms with Crippen LogP contribution in [0.25, 0.3) is 0 Å². The van der Waals surface area contributed by atoms with Gasteiger partial charge in [-0.1, -0.05) is 0 Å². The van der Waals surface area contributed by atoms with E-state index >= 15 is 0 Å². The van der Waals surface area contributed by atoms with Crippen molar-refractivity contribution in [2.45, 2.75) is 12.3 Å². The lowest BCUT2D eigenvalue weighted by Gasteiger charge is -2.24. The van der Waals surface area contributed by atoms with E-state index < -0.39 is 17.8 Å². The van der Waals surface area contributed by atoms with Crippen LogP contribution in [0.2, 0.25) is 0 Å². The first kappa shape index (κ1) is 17.6. The Morgan fingerprint density at radius 1 is 1.35 bits per heavy atom. The van der Waals surface area contributed by atoms with Gasteiger partial charge in [0.05, 0.1) is 25.3 Å². The molecule has 23 heavy (non-hydrogen) atoms. The van der Waals surface area contributed by atoms with Crippen LogP contribution in [0.5, 0.6) is 5.75 Å². The van der Waals surface area contributed by atoms with Gasteiger partial charge in [0.1, 0.15) is 18.5 Å². The average molecular weight is 333 g/mol. The van der Waals surface area contributed by atoms with Crippen LogP contribution >= 0.6 is 0 Å². The van der Waals surface area contributed by atoms with E-state index in [0.29, 0.717) is 25.4 Å². The maximum absolute atomic E-state index is 12.5. The molecule has 1 aromatic rings. The van der Waals surface area contributed by atoms with Crippen molar-refractivity contribution in [3.63, 3.8) is 0 Å². The van der Waals surface area contributed by atoms with Crippen LogP contribution in [0.3, 0.4) is 0 Å². The van der Waals surface area contributed by atoms with Gasteiger partial charge < -0.3 is 19.1 Å². The Hall–Kier alpha value is -1.80. The molecule has 1 fully saturated rings. The molecule has 1 aliphatic heterocycles. The molecule has 5 nitrogen and oxygen atoms in total. The Kier molecular flexibility index (Phi) is 5.84. The predicted molar refractivity (Wildman–Crippen MR) is 75.1 cm³/mol. The van der Waals surface area contributed by atoms with Crippen molar-refractivity contribution in [2.75, 3.05) is 40.0 Å². The Morgan fingerprint density at radius 2 is 2.04 bits per heavy atom. The minimum Gasteiger partial charge on any atom is -0.486 e. The van der Waals surface area contributed by atoms with Crippen LogP contribution in [0.4, 0.5) is 13.2 Å². The lowest BCUT2D eigenvalue weighted by molar-refractivity contribution is -0.138. The number of carbonyl (C=O) groups excluding carboxylic acids is 1. The summed E-state index contributed by atoms with van der Waals surface area (Å²) in [4.78, 5) is 13.4. The summed E-state index contributed by atoms with van der Waals surface area (Å²) in [6, 6.07) is 4.44. The fourth-order valence-corrected chi connectivity index (χ4v) is 2.21. The number of hydrogen-bond acceptors (Lipinski definition) is 4. The first-order valence-electron chi connectivity index (χ1n) is 7.08. The molecule has 0 N–H and O–H groups in total. The molecule has 2 rings (SSSR count). The summed E-state index contributed by atoms with van der Waals surface area (Å²) in [6.45, 7) is 1.32. The summed E-state index contributed by atoms with van der Waals surface area (Å²) in [5, 5.41) is 0. The Bertz CT molecular complexity index is 518. The van der Waals surface area contributed by atoms with Gasteiger partial charge >= 0.3 is 6.18 Å². The number of methoxy groups -OCH3 is 1. The zero-order valence-corrected chi connectivity index (χ0v) is 12.6. The van der Waals surface area contributed by atoms with Crippen LogP contribution < -0.4 is 4.74 Å². The fraction of sp³-hybridized carbons (Fsp3) is 0.533. The second-order valence-corrected chi connectivity index (χ2v) is 5.11. The topological polar surface area (TPSA) is 48.0 Å². The lowest BCUT2D eigenvalue weighted by atomic mass is 10.2. The van der Waals surface area contributed by atoms with Crippen molar-refractivity contribution in [2.24, 2.45) is 0 Å². The zero-order valence-electron chi connectivity index (χ0n) is 12.6. The molecule has 0 radical (unpaired) electrons. The highest BCUT2D eigenvalue weighted by Crippen LogP contribution is 2.30. The monoisotopic (exact) mass is 333 g/mol. The number of amides is 1. The maximum atomic E-state index is 12.5. The van der Waals surface area contributed by atoms with Crippen LogP contribution in [0.15, 0.2) is 24.3 Å². The first-order valence-corrected chi connectivity index (χ1v) is 7.08. The number of hydrogen-bond donors (Lipinski definition) is 0. The van der Waals surface area contributed by atoms with Gasteiger partial charge in [0, 0.05) is 13.7 Å². The molecule has 128 valence electrons. The number of rotatable bonds is 4. The SMILES string of the molecule is COCC(=O)N1CCOC[C@H](Oc2ccc(C(F)(F)F)cc2)C1. The van der Waals surface area contributed by atoms with Crippen molar-refractivity contribution in [3.8, 4) is 5.75 Å². The van der Waals surface area contributed by atoms with Crippen LogP contribution in [0, 0.1) is 0 Å². The Morgan fingerprint density at radius 3 is 2.65 bits per heavy atom. The van der Waals surface area contributed by atoms with E-state index in [-0.39, 0.29) is 19.1 Å². The van der Waals surface area contributed by atoms with Crippen molar-refractivity contribution in [3.05, 3.63) is 29.8 Å². The van der Waals surface area contributed by atoms with Gasteiger partial charge in [-0.25, -0.2) is 0 Å². The van der Waals surface area contributed by atoms with E-state index in [1.807, 2.05) is 0 Å². The average Bonchev–Trinajstić information content (AvgIpc) is 2.73. The lowest BCUT2D eigenvalue weighted by Crippen LogP contribution is -2.41. The molecule has 8 heteroatoms. The van der Waals surface area contributed by atoms with Crippen molar-refractivity contribution in [1.82, 2.24) is 4.90 Å². The van der Waals surface area contributed by atoms with Gasteiger partial charge in [0.2, 0.25) is 5.91 Å². The predicted octanol–water partition coefficient (Wildman–Crippen LogP) is 1.96. The summed E-state index contributed by atoms with van der Waals surface area (Å²) >= 11 is 0. The largest absolute Gasteiger partial charge is 0.486 e. The molecule has 1 amide bonds. The minimum absolute atomic E-state index is 0.0347. The molecule has 0 aromatic heterocycles. The van der Waals surface area contributed by atoms with E-state index in [9.17, 15) is 18.0 Å². The molecule has 1 aliphatic rings. The highest BCUT2D eigenvalue weighted by atomic mass is 19.4. The van der Waals surface area contributed by atoms with E-state index in [1.54, 1.807) is 4.90 Å². The smallest absolute Gasteiger partial charge is 0.416 e. The van der Waals surface area contributed by atoms with E-state index in [4.69, 9.17) is 14.2 Å². The third kappa shape index (κ3) is 5.11. The molecular formula is C15H18F3NO4. The molecule has 1 atom stereocenters.